The van der Waals surface area contributed by atoms with Gasteiger partial charge in [-0.1, -0.05) is 17.7 Å². The van der Waals surface area contributed by atoms with E-state index >= 15 is 0 Å². The van der Waals surface area contributed by atoms with Crippen LogP contribution < -0.4 is 10.5 Å². The summed E-state index contributed by atoms with van der Waals surface area (Å²) < 4.78 is 19.0. The maximum Gasteiger partial charge on any atom is 0.173 e. The van der Waals surface area contributed by atoms with Gasteiger partial charge in [-0.2, -0.15) is 0 Å². The van der Waals surface area contributed by atoms with Gasteiger partial charge in [0.25, 0.3) is 0 Å². The molecule has 96 valence electrons. The van der Waals surface area contributed by atoms with E-state index in [1.165, 1.54) is 17.4 Å². The van der Waals surface area contributed by atoms with Crippen molar-refractivity contribution in [3.8, 4) is 5.75 Å². The summed E-state index contributed by atoms with van der Waals surface area (Å²) in [5.74, 6) is -0.396. The minimum Gasteiger partial charge on any atom is -0.489 e. The van der Waals surface area contributed by atoms with Crippen LogP contribution in [0.15, 0.2) is 29.6 Å². The van der Waals surface area contributed by atoms with E-state index in [9.17, 15) is 4.39 Å². The van der Waals surface area contributed by atoms with Crippen LogP contribution in [-0.2, 0) is 0 Å². The molecule has 0 aliphatic heterocycles. The van der Waals surface area contributed by atoms with Crippen LogP contribution in [0.3, 0.4) is 0 Å². The Hall–Kier alpha value is -1.10. The lowest BCUT2D eigenvalue weighted by molar-refractivity contribution is 0.321. The first-order valence-corrected chi connectivity index (χ1v) is 6.80. The lowest BCUT2D eigenvalue weighted by Gasteiger charge is -2.13. The van der Waals surface area contributed by atoms with Crippen molar-refractivity contribution in [1.29, 1.82) is 0 Å². The van der Waals surface area contributed by atoms with Gasteiger partial charge in [0, 0.05) is 4.88 Å². The van der Waals surface area contributed by atoms with E-state index in [1.54, 1.807) is 13.0 Å². The van der Waals surface area contributed by atoms with E-state index in [0.717, 1.165) is 4.88 Å². The minimum atomic E-state index is -0.480. The van der Waals surface area contributed by atoms with Gasteiger partial charge in [0.05, 0.1) is 17.7 Å². The Morgan fingerprint density at radius 1 is 1.50 bits per heavy atom. The molecule has 0 unspecified atom stereocenters. The van der Waals surface area contributed by atoms with Gasteiger partial charge in [-0.25, -0.2) is 4.39 Å². The van der Waals surface area contributed by atoms with Crippen molar-refractivity contribution in [3.63, 3.8) is 0 Å². The van der Waals surface area contributed by atoms with Gasteiger partial charge >= 0.3 is 0 Å². The zero-order valence-corrected chi connectivity index (χ0v) is 11.4. The van der Waals surface area contributed by atoms with Crippen molar-refractivity contribution >= 4 is 22.9 Å². The lowest BCUT2D eigenvalue weighted by Crippen LogP contribution is -2.11. The maximum absolute atomic E-state index is 13.8. The average molecular weight is 286 g/mol. The third-order valence-corrected chi connectivity index (χ3v) is 3.75. The summed E-state index contributed by atoms with van der Waals surface area (Å²) in [5, 5.41) is 2.18. The third kappa shape index (κ3) is 2.66. The summed E-state index contributed by atoms with van der Waals surface area (Å²) in [6.07, 6.45) is 0. The fraction of sp³-hybridized carbons (Fsp3) is 0.231. The molecule has 0 bridgehead atoms. The summed E-state index contributed by atoms with van der Waals surface area (Å²) in [4.78, 5) is 0.967. The zero-order valence-electron chi connectivity index (χ0n) is 9.82. The summed E-state index contributed by atoms with van der Waals surface area (Å²) in [6, 6.07) is 6.48. The molecule has 2 aromatic rings. The second-order valence-electron chi connectivity index (χ2n) is 3.74. The molecule has 0 spiro atoms. The number of ether oxygens (including phenoxy) is 1. The molecular weight excluding hydrogens is 273 g/mol. The van der Waals surface area contributed by atoms with E-state index in [2.05, 4.69) is 0 Å². The Balaban J connectivity index is 2.36. The molecular formula is C13H13ClFNOS. The molecule has 1 aromatic heterocycles. The van der Waals surface area contributed by atoms with Crippen LogP contribution in [0.4, 0.5) is 4.39 Å². The fourth-order valence-electron chi connectivity index (χ4n) is 1.67. The second-order valence-corrected chi connectivity index (χ2v) is 5.13. The molecule has 0 saturated carbocycles. The monoisotopic (exact) mass is 285 g/mol. The van der Waals surface area contributed by atoms with Gasteiger partial charge in [-0.15, -0.1) is 11.3 Å². The summed E-state index contributed by atoms with van der Waals surface area (Å²) >= 11 is 7.53. The van der Waals surface area contributed by atoms with Crippen LogP contribution in [0, 0.1) is 5.82 Å². The standard InChI is InChI=1S/C13H13ClFNOS/c1-2-17-13-9(14)6-8(7-10(13)15)12(16)11-4-3-5-18-11/h3-7,12H,2,16H2,1H3/t12-/m0/s1. The van der Waals surface area contributed by atoms with Crippen LogP contribution in [0.25, 0.3) is 0 Å². The van der Waals surface area contributed by atoms with E-state index in [1.807, 2.05) is 17.5 Å². The molecule has 0 amide bonds. The summed E-state index contributed by atoms with van der Waals surface area (Å²) in [7, 11) is 0. The molecule has 0 saturated heterocycles. The van der Waals surface area contributed by atoms with Gasteiger partial charge in [-0.3, -0.25) is 0 Å². The largest absolute Gasteiger partial charge is 0.489 e. The molecule has 0 aliphatic carbocycles. The van der Waals surface area contributed by atoms with Crippen molar-refractivity contribution in [2.75, 3.05) is 6.61 Å². The van der Waals surface area contributed by atoms with Crippen molar-refractivity contribution in [3.05, 3.63) is 50.9 Å². The number of halogens is 2. The van der Waals surface area contributed by atoms with Crippen LogP contribution in [0.1, 0.15) is 23.4 Å². The number of thiophene rings is 1. The van der Waals surface area contributed by atoms with Crippen LogP contribution >= 0.6 is 22.9 Å². The first-order chi connectivity index (χ1) is 8.63. The molecule has 5 heteroatoms. The van der Waals surface area contributed by atoms with Crippen molar-refractivity contribution in [2.45, 2.75) is 13.0 Å². The third-order valence-electron chi connectivity index (χ3n) is 2.52. The Bertz CT molecular complexity index is 507. The quantitative estimate of drug-likeness (QED) is 0.922. The molecule has 0 radical (unpaired) electrons. The second kappa shape index (κ2) is 5.69. The molecule has 2 rings (SSSR count). The molecule has 0 aliphatic rings. The van der Waals surface area contributed by atoms with E-state index < -0.39 is 5.82 Å². The van der Waals surface area contributed by atoms with Gasteiger partial charge in [0.15, 0.2) is 11.6 Å². The number of hydrogen-bond acceptors (Lipinski definition) is 3. The van der Waals surface area contributed by atoms with E-state index in [0.29, 0.717) is 12.2 Å². The summed E-state index contributed by atoms with van der Waals surface area (Å²) in [6.45, 7) is 2.15. The molecule has 1 atom stereocenters. The van der Waals surface area contributed by atoms with Gasteiger partial charge < -0.3 is 10.5 Å². The number of benzene rings is 1. The Kier molecular flexibility index (Phi) is 4.22. The van der Waals surface area contributed by atoms with Crippen LogP contribution in [-0.4, -0.2) is 6.61 Å². The molecule has 2 nitrogen and oxygen atoms in total. The lowest BCUT2D eigenvalue weighted by atomic mass is 10.1. The topological polar surface area (TPSA) is 35.2 Å². The molecule has 1 heterocycles. The number of hydrogen-bond donors (Lipinski definition) is 1. The maximum atomic E-state index is 13.8. The zero-order chi connectivity index (χ0) is 13.1. The average Bonchev–Trinajstić information content (AvgIpc) is 2.86. The first-order valence-electron chi connectivity index (χ1n) is 5.54. The van der Waals surface area contributed by atoms with Gasteiger partial charge in [0.1, 0.15) is 0 Å². The van der Waals surface area contributed by atoms with Gasteiger partial charge in [0.2, 0.25) is 0 Å². The van der Waals surface area contributed by atoms with Crippen molar-refractivity contribution < 1.29 is 9.13 Å². The Morgan fingerprint density at radius 2 is 2.28 bits per heavy atom. The molecule has 0 fully saturated rings. The number of nitrogens with two attached hydrogens (primary N) is 1. The first kappa shape index (κ1) is 13.3. The SMILES string of the molecule is CCOc1c(F)cc([C@H](N)c2cccs2)cc1Cl. The molecule has 2 N–H and O–H groups in total. The van der Waals surface area contributed by atoms with Crippen molar-refractivity contribution in [2.24, 2.45) is 5.73 Å². The van der Waals surface area contributed by atoms with Gasteiger partial charge in [-0.05, 0) is 36.1 Å². The van der Waals surface area contributed by atoms with E-state index in [-0.39, 0.29) is 16.8 Å². The fourth-order valence-corrected chi connectivity index (χ4v) is 2.70. The van der Waals surface area contributed by atoms with Crippen molar-refractivity contribution in [1.82, 2.24) is 0 Å². The number of rotatable bonds is 4. The highest BCUT2D eigenvalue weighted by Gasteiger charge is 2.16. The molecule has 18 heavy (non-hydrogen) atoms. The Morgan fingerprint density at radius 3 is 2.83 bits per heavy atom. The predicted octanol–water partition coefficient (Wildman–Crippen LogP) is 3.99. The minimum absolute atomic E-state index is 0.0845. The summed E-state index contributed by atoms with van der Waals surface area (Å²) in [5.41, 5.74) is 6.71. The highest BCUT2D eigenvalue weighted by Crippen LogP contribution is 2.33. The smallest absolute Gasteiger partial charge is 0.173 e. The van der Waals surface area contributed by atoms with Crippen LogP contribution in [0.2, 0.25) is 5.02 Å². The highest BCUT2D eigenvalue weighted by molar-refractivity contribution is 7.10. The highest BCUT2D eigenvalue weighted by atomic mass is 35.5. The normalized spacial score (nSPS) is 12.4. The molecule has 1 aromatic carbocycles. The Labute approximate surface area is 114 Å². The van der Waals surface area contributed by atoms with Crippen LogP contribution in [0.5, 0.6) is 5.75 Å². The van der Waals surface area contributed by atoms with E-state index in [4.69, 9.17) is 22.1 Å². The predicted molar refractivity (Wildman–Crippen MR) is 72.9 cm³/mol.